The summed E-state index contributed by atoms with van der Waals surface area (Å²) in [6.45, 7) is 5.54. The number of aliphatic hydroxyl groups is 1. The third-order valence-electron chi connectivity index (χ3n) is 3.18. The van der Waals surface area contributed by atoms with Crippen LogP contribution >= 0.6 is 0 Å². The highest BCUT2D eigenvalue weighted by Gasteiger charge is 2.23. The van der Waals surface area contributed by atoms with Crippen LogP contribution in [0, 0.1) is 5.92 Å². The summed E-state index contributed by atoms with van der Waals surface area (Å²) in [5.74, 6) is 1.08. The molecule has 1 rings (SSSR count). The standard InChI is InChI=1S/C15H25NO3/c1-11(2)14(16-8-9-18-3)15(17)12-6-5-7-13(10-12)19-4/h5-7,10-11,14-17H,8-9H2,1-4H3. The van der Waals surface area contributed by atoms with Gasteiger partial charge >= 0.3 is 0 Å². The Kier molecular flexibility index (Phi) is 6.84. The zero-order chi connectivity index (χ0) is 14.3. The molecule has 0 amide bonds. The second-order valence-electron chi connectivity index (χ2n) is 4.94. The van der Waals surface area contributed by atoms with Crippen LogP contribution in [-0.2, 0) is 4.74 Å². The lowest BCUT2D eigenvalue weighted by molar-refractivity contribution is 0.0976. The lowest BCUT2D eigenvalue weighted by atomic mass is 9.93. The molecular formula is C15H25NO3. The van der Waals surface area contributed by atoms with Crippen LogP contribution in [0.15, 0.2) is 24.3 Å². The molecule has 0 saturated heterocycles. The van der Waals surface area contributed by atoms with Crippen molar-refractivity contribution in [3.63, 3.8) is 0 Å². The van der Waals surface area contributed by atoms with E-state index in [-0.39, 0.29) is 6.04 Å². The number of ether oxygens (including phenoxy) is 2. The fourth-order valence-corrected chi connectivity index (χ4v) is 2.07. The van der Waals surface area contributed by atoms with Crippen LogP contribution in [0.2, 0.25) is 0 Å². The van der Waals surface area contributed by atoms with Gasteiger partial charge in [0.05, 0.1) is 19.8 Å². The smallest absolute Gasteiger partial charge is 0.119 e. The highest BCUT2D eigenvalue weighted by molar-refractivity contribution is 5.30. The van der Waals surface area contributed by atoms with E-state index in [1.807, 2.05) is 24.3 Å². The van der Waals surface area contributed by atoms with Gasteiger partial charge in [0.2, 0.25) is 0 Å². The van der Waals surface area contributed by atoms with E-state index in [2.05, 4.69) is 19.2 Å². The van der Waals surface area contributed by atoms with Crippen LogP contribution in [0.4, 0.5) is 0 Å². The zero-order valence-corrected chi connectivity index (χ0v) is 12.2. The molecule has 0 saturated carbocycles. The minimum absolute atomic E-state index is 0.0118. The van der Waals surface area contributed by atoms with Gasteiger partial charge in [0.15, 0.2) is 0 Å². The largest absolute Gasteiger partial charge is 0.497 e. The average Bonchev–Trinajstić information content (AvgIpc) is 2.42. The van der Waals surface area contributed by atoms with Gasteiger partial charge in [-0.25, -0.2) is 0 Å². The first-order valence-corrected chi connectivity index (χ1v) is 6.64. The Morgan fingerprint density at radius 1 is 1.26 bits per heavy atom. The number of hydrogen-bond donors (Lipinski definition) is 2. The van der Waals surface area contributed by atoms with Crippen molar-refractivity contribution >= 4 is 0 Å². The molecule has 108 valence electrons. The average molecular weight is 267 g/mol. The second kappa shape index (κ2) is 8.15. The molecule has 0 radical (unpaired) electrons. The van der Waals surface area contributed by atoms with Crippen molar-refractivity contribution < 1.29 is 14.6 Å². The SMILES string of the molecule is COCCNC(C(C)C)C(O)c1cccc(OC)c1. The van der Waals surface area contributed by atoms with E-state index >= 15 is 0 Å². The molecule has 0 spiro atoms. The molecule has 0 aromatic heterocycles. The van der Waals surface area contributed by atoms with Crippen molar-refractivity contribution in [3.05, 3.63) is 29.8 Å². The van der Waals surface area contributed by atoms with Crippen molar-refractivity contribution in [2.24, 2.45) is 5.92 Å². The first-order chi connectivity index (χ1) is 9.10. The summed E-state index contributed by atoms with van der Waals surface area (Å²) in [6, 6.07) is 7.55. The van der Waals surface area contributed by atoms with E-state index in [9.17, 15) is 5.11 Å². The molecule has 0 heterocycles. The Labute approximate surface area is 115 Å². The van der Waals surface area contributed by atoms with E-state index in [0.717, 1.165) is 17.9 Å². The normalized spacial score (nSPS) is 14.4. The highest BCUT2D eigenvalue weighted by atomic mass is 16.5. The summed E-state index contributed by atoms with van der Waals surface area (Å²) in [5.41, 5.74) is 0.864. The van der Waals surface area contributed by atoms with E-state index < -0.39 is 6.10 Å². The quantitative estimate of drug-likeness (QED) is 0.707. The number of benzene rings is 1. The van der Waals surface area contributed by atoms with Gasteiger partial charge in [0.25, 0.3) is 0 Å². The topological polar surface area (TPSA) is 50.7 Å². The molecule has 1 aromatic rings. The minimum Gasteiger partial charge on any atom is -0.497 e. The van der Waals surface area contributed by atoms with Gasteiger partial charge in [-0.1, -0.05) is 26.0 Å². The molecular weight excluding hydrogens is 242 g/mol. The molecule has 2 atom stereocenters. The molecule has 19 heavy (non-hydrogen) atoms. The maximum atomic E-state index is 10.5. The first-order valence-electron chi connectivity index (χ1n) is 6.64. The van der Waals surface area contributed by atoms with Crippen LogP contribution in [0.1, 0.15) is 25.5 Å². The van der Waals surface area contributed by atoms with Gasteiger partial charge in [-0.3, -0.25) is 0 Å². The third-order valence-corrected chi connectivity index (χ3v) is 3.18. The van der Waals surface area contributed by atoms with Crippen molar-refractivity contribution in [1.82, 2.24) is 5.32 Å². The summed E-state index contributed by atoms with van der Waals surface area (Å²) in [4.78, 5) is 0. The number of aliphatic hydroxyl groups excluding tert-OH is 1. The van der Waals surface area contributed by atoms with Crippen molar-refractivity contribution in [1.29, 1.82) is 0 Å². The Hall–Kier alpha value is -1.10. The Morgan fingerprint density at radius 3 is 2.58 bits per heavy atom. The Morgan fingerprint density at radius 2 is 2.00 bits per heavy atom. The van der Waals surface area contributed by atoms with Gasteiger partial charge in [0.1, 0.15) is 5.75 Å². The van der Waals surface area contributed by atoms with E-state index in [4.69, 9.17) is 9.47 Å². The van der Waals surface area contributed by atoms with Crippen LogP contribution in [-0.4, -0.2) is 38.5 Å². The second-order valence-corrected chi connectivity index (χ2v) is 4.94. The predicted octanol–water partition coefficient (Wildman–Crippen LogP) is 1.99. The molecule has 1 aromatic carbocycles. The summed E-state index contributed by atoms with van der Waals surface area (Å²) in [6.07, 6.45) is -0.563. The molecule has 0 aliphatic rings. The summed E-state index contributed by atoms with van der Waals surface area (Å²) >= 11 is 0. The molecule has 2 N–H and O–H groups in total. The van der Waals surface area contributed by atoms with Crippen molar-refractivity contribution in [3.8, 4) is 5.75 Å². The Balaban J connectivity index is 2.76. The number of methoxy groups -OCH3 is 2. The van der Waals surface area contributed by atoms with Gasteiger partial charge in [-0.15, -0.1) is 0 Å². The van der Waals surface area contributed by atoms with Crippen LogP contribution in [0.25, 0.3) is 0 Å². The van der Waals surface area contributed by atoms with E-state index in [1.54, 1.807) is 14.2 Å². The fraction of sp³-hybridized carbons (Fsp3) is 0.600. The molecule has 4 nitrogen and oxygen atoms in total. The number of hydrogen-bond acceptors (Lipinski definition) is 4. The maximum absolute atomic E-state index is 10.5. The molecule has 0 fully saturated rings. The monoisotopic (exact) mass is 267 g/mol. The molecule has 0 aliphatic heterocycles. The van der Waals surface area contributed by atoms with Crippen molar-refractivity contribution in [2.45, 2.75) is 26.0 Å². The zero-order valence-electron chi connectivity index (χ0n) is 12.2. The maximum Gasteiger partial charge on any atom is 0.119 e. The highest BCUT2D eigenvalue weighted by Crippen LogP contribution is 2.24. The van der Waals surface area contributed by atoms with Gasteiger partial charge < -0.3 is 19.9 Å². The summed E-state index contributed by atoms with van der Waals surface area (Å²) in [5, 5.41) is 13.9. The lowest BCUT2D eigenvalue weighted by Crippen LogP contribution is -2.40. The minimum atomic E-state index is -0.563. The first kappa shape index (κ1) is 16.0. The van der Waals surface area contributed by atoms with E-state index in [1.165, 1.54) is 0 Å². The van der Waals surface area contributed by atoms with Crippen LogP contribution in [0.3, 0.4) is 0 Å². The molecule has 2 unspecified atom stereocenters. The lowest BCUT2D eigenvalue weighted by Gasteiger charge is -2.28. The fourth-order valence-electron chi connectivity index (χ4n) is 2.07. The Bertz CT molecular complexity index is 368. The van der Waals surface area contributed by atoms with Crippen LogP contribution < -0.4 is 10.1 Å². The summed E-state index contributed by atoms with van der Waals surface area (Å²) in [7, 11) is 3.30. The number of rotatable bonds is 8. The van der Waals surface area contributed by atoms with E-state index in [0.29, 0.717) is 12.5 Å². The van der Waals surface area contributed by atoms with Crippen LogP contribution in [0.5, 0.6) is 5.75 Å². The predicted molar refractivity (Wildman–Crippen MR) is 76.5 cm³/mol. The summed E-state index contributed by atoms with van der Waals surface area (Å²) < 4.78 is 10.2. The van der Waals surface area contributed by atoms with Crippen molar-refractivity contribution in [2.75, 3.05) is 27.4 Å². The third kappa shape index (κ3) is 4.82. The molecule has 0 aliphatic carbocycles. The molecule has 0 bridgehead atoms. The van der Waals surface area contributed by atoms with Gasteiger partial charge in [-0.2, -0.15) is 0 Å². The van der Waals surface area contributed by atoms with Gasteiger partial charge in [-0.05, 0) is 23.6 Å². The molecule has 4 heteroatoms. The number of nitrogens with one attached hydrogen (secondary N) is 1. The van der Waals surface area contributed by atoms with Gasteiger partial charge in [0, 0.05) is 19.7 Å².